The monoisotopic (exact) mass is 296 g/mol. The Morgan fingerprint density at radius 3 is 2.35 bits per heavy atom. The first-order valence-electron chi connectivity index (χ1n) is 5.54. The predicted octanol–water partition coefficient (Wildman–Crippen LogP) is 0.652. The van der Waals surface area contributed by atoms with E-state index < -0.39 is 27.5 Å². The molecule has 1 rings (SSSR count). The van der Waals surface area contributed by atoms with Crippen LogP contribution in [0.2, 0.25) is 0 Å². The first kappa shape index (κ1) is 15.7. The van der Waals surface area contributed by atoms with Crippen molar-refractivity contribution in [1.82, 2.24) is 0 Å². The van der Waals surface area contributed by atoms with Crippen LogP contribution in [-0.4, -0.2) is 36.9 Å². The molecule has 0 atom stereocenters. The number of anilines is 1. The summed E-state index contributed by atoms with van der Waals surface area (Å²) in [5, 5.41) is 19.4. The van der Waals surface area contributed by atoms with Crippen molar-refractivity contribution >= 4 is 27.4 Å². The quantitative estimate of drug-likeness (QED) is 0.794. The molecule has 0 heterocycles. The van der Waals surface area contributed by atoms with Crippen LogP contribution in [0, 0.1) is 11.3 Å². The number of carbonyl (C=O) groups excluding carboxylic acids is 1. The molecule has 0 saturated heterocycles. The smallest absolute Gasteiger partial charge is 0.335 e. The summed E-state index contributed by atoms with van der Waals surface area (Å²) >= 11 is 0. The Morgan fingerprint density at radius 2 is 1.85 bits per heavy atom. The molecule has 20 heavy (non-hydrogen) atoms. The van der Waals surface area contributed by atoms with Gasteiger partial charge in [-0.15, -0.1) is 0 Å². The minimum Gasteiger partial charge on any atom is -0.478 e. The molecule has 2 N–H and O–H groups in total. The zero-order valence-electron chi connectivity index (χ0n) is 10.4. The van der Waals surface area contributed by atoms with Gasteiger partial charge in [0.25, 0.3) is 0 Å². The van der Waals surface area contributed by atoms with E-state index in [1.54, 1.807) is 6.07 Å². The highest BCUT2D eigenvalue weighted by Gasteiger charge is 2.16. The molecular weight excluding hydrogens is 284 g/mol. The Labute approximate surface area is 115 Å². The van der Waals surface area contributed by atoms with Crippen molar-refractivity contribution in [3.63, 3.8) is 0 Å². The fourth-order valence-corrected chi connectivity index (χ4v) is 2.38. The number of hydrogen-bond acceptors (Lipinski definition) is 5. The fraction of sp³-hybridized carbons (Fsp3) is 0.250. The SMILES string of the molecule is N#CCCS(=O)(=O)CC(=O)Nc1ccc(C(=O)O)cc1. The highest BCUT2D eigenvalue weighted by molar-refractivity contribution is 7.92. The largest absolute Gasteiger partial charge is 0.478 e. The average Bonchev–Trinajstić information content (AvgIpc) is 2.36. The van der Waals surface area contributed by atoms with Gasteiger partial charge in [-0.3, -0.25) is 4.79 Å². The zero-order chi connectivity index (χ0) is 15.2. The van der Waals surface area contributed by atoms with Crippen molar-refractivity contribution in [2.45, 2.75) is 6.42 Å². The summed E-state index contributed by atoms with van der Waals surface area (Å²) in [5.74, 6) is -2.91. The lowest BCUT2D eigenvalue weighted by Gasteiger charge is -2.05. The molecule has 0 radical (unpaired) electrons. The molecule has 8 heteroatoms. The van der Waals surface area contributed by atoms with Crippen LogP contribution in [0.15, 0.2) is 24.3 Å². The molecule has 0 aliphatic heterocycles. The molecule has 0 aromatic heterocycles. The first-order valence-corrected chi connectivity index (χ1v) is 7.37. The highest BCUT2D eigenvalue weighted by atomic mass is 32.2. The highest BCUT2D eigenvalue weighted by Crippen LogP contribution is 2.09. The number of rotatable bonds is 6. The van der Waals surface area contributed by atoms with Crippen LogP contribution < -0.4 is 5.32 Å². The Balaban J connectivity index is 2.63. The number of aromatic carboxylic acids is 1. The van der Waals surface area contributed by atoms with Crippen molar-refractivity contribution in [2.24, 2.45) is 0 Å². The molecule has 0 unspecified atom stereocenters. The van der Waals surface area contributed by atoms with Gasteiger partial charge in [0, 0.05) is 12.1 Å². The lowest BCUT2D eigenvalue weighted by atomic mass is 10.2. The van der Waals surface area contributed by atoms with E-state index in [9.17, 15) is 18.0 Å². The molecule has 0 bridgehead atoms. The summed E-state index contributed by atoms with van der Waals surface area (Å²) in [6.45, 7) is 0. The molecule has 0 fully saturated rings. The third-order valence-electron chi connectivity index (χ3n) is 2.29. The normalized spacial score (nSPS) is 10.6. The van der Waals surface area contributed by atoms with Crippen LogP contribution in [0.5, 0.6) is 0 Å². The van der Waals surface area contributed by atoms with Gasteiger partial charge in [-0.2, -0.15) is 5.26 Å². The Morgan fingerprint density at radius 1 is 1.25 bits per heavy atom. The van der Waals surface area contributed by atoms with Gasteiger partial charge in [-0.05, 0) is 24.3 Å². The van der Waals surface area contributed by atoms with Crippen molar-refractivity contribution in [1.29, 1.82) is 5.26 Å². The number of benzene rings is 1. The maximum Gasteiger partial charge on any atom is 0.335 e. The predicted molar refractivity (Wildman–Crippen MR) is 70.9 cm³/mol. The van der Waals surface area contributed by atoms with Crippen LogP contribution in [0.4, 0.5) is 5.69 Å². The second-order valence-corrected chi connectivity index (χ2v) is 6.11. The zero-order valence-corrected chi connectivity index (χ0v) is 11.2. The van der Waals surface area contributed by atoms with Crippen molar-refractivity contribution in [3.8, 4) is 6.07 Å². The van der Waals surface area contributed by atoms with Crippen LogP contribution in [0.25, 0.3) is 0 Å². The summed E-state index contributed by atoms with van der Waals surface area (Å²) in [6.07, 6.45) is -0.164. The maximum atomic E-state index is 11.5. The number of nitrogens with zero attached hydrogens (tertiary/aromatic N) is 1. The van der Waals surface area contributed by atoms with Gasteiger partial charge in [-0.25, -0.2) is 13.2 Å². The summed E-state index contributed by atoms with van der Waals surface area (Å²) in [6, 6.07) is 7.01. The first-order chi connectivity index (χ1) is 9.34. The van der Waals surface area contributed by atoms with E-state index in [0.717, 1.165) is 0 Å². The molecule has 7 nitrogen and oxygen atoms in total. The van der Waals surface area contributed by atoms with Gasteiger partial charge in [0.2, 0.25) is 5.91 Å². The van der Waals surface area contributed by atoms with Crippen molar-refractivity contribution in [3.05, 3.63) is 29.8 Å². The molecule has 1 aromatic carbocycles. The molecule has 0 aliphatic rings. The van der Waals surface area contributed by atoms with Gasteiger partial charge in [0.05, 0.1) is 17.4 Å². The van der Waals surface area contributed by atoms with Gasteiger partial charge >= 0.3 is 5.97 Å². The maximum absolute atomic E-state index is 11.5. The number of nitriles is 1. The molecular formula is C12H12N2O5S. The molecule has 0 spiro atoms. The molecule has 0 aliphatic carbocycles. The Hall–Kier alpha value is -2.40. The number of nitrogens with one attached hydrogen (secondary N) is 1. The van der Waals surface area contributed by atoms with E-state index in [1.807, 2.05) is 0 Å². The van der Waals surface area contributed by atoms with Crippen LogP contribution in [0.1, 0.15) is 16.8 Å². The molecule has 1 amide bonds. The van der Waals surface area contributed by atoms with E-state index in [-0.39, 0.29) is 17.7 Å². The molecule has 1 aromatic rings. The Kier molecular flexibility index (Phi) is 5.23. The average molecular weight is 296 g/mol. The van der Waals surface area contributed by atoms with E-state index in [1.165, 1.54) is 24.3 Å². The summed E-state index contributed by atoms with van der Waals surface area (Å²) in [4.78, 5) is 22.1. The van der Waals surface area contributed by atoms with Crippen molar-refractivity contribution in [2.75, 3.05) is 16.8 Å². The standard InChI is InChI=1S/C12H12N2O5S/c13-6-1-7-20(18,19)8-11(15)14-10-4-2-9(3-5-10)12(16)17/h2-5H,1,7-8H2,(H,14,15)(H,16,17). The van der Waals surface area contributed by atoms with Gasteiger partial charge in [0.1, 0.15) is 5.75 Å². The van der Waals surface area contributed by atoms with Crippen LogP contribution >= 0.6 is 0 Å². The van der Waals surface area contributed by atoms with Crippen LogP contribution in [-0.2, 0) is 14.6 Å². The van der Waals surface area contributed by atoms with Gasteiger partial charge in [-0.1, -0.05) is 0 Å². The number of hydrogen-bond donors (Lipinski definition) is 2. The van der Waals surface area contributed by atoms with Gasteiger partial charge < -0.3 is 10.4 Å². The fourth-order valence-electron chi connectivity index (χ4n) is 1.37. The third kappa shape index (κ3) is 5.07. The van der Waals surface area contributed by atoms with E-state index >= 15 is 0 Å². The van der Waals surface area contributed by atoms with E-state index in [0.29, 0.717) is 5.69 Å². The number of amides is 1. The van der Waals surface area contributed by atoms with E-state index in [2.05, 4.69) is 5.32 Å². The number of sulfone groups is 1. The molecule has 0 saturated carbocycles. The number of carbonyl (C=O) groups is 2. The number of carboxylic acid groups (broad SMARTS) is 1. The number of carboxylic acids is 1. The summed E-state index contributed by atoms with van der Waals surface area (Å²) in [7, 11) is -3.61. The van der Waals surface area contributed by atoms with Crippen molar-refractivity contribution < 1.29 is 23.1 Å². The van der Waals surface area contributed by atoms with Crippen LogP contribution in [0.3, 0.4) is 0 Å². The third-order valence-corrected chi connectivity index (χ3v) is 3.82. The van der Waals surface area contributed by atoms with Gasteiger partial charge in [0.15, 0.2) is 9.84 Å². The summed E-state index contributed by atoms with van der Waals surface area (Å²) < 4.78 is 22.9. The molecule has 106 valence electrons. The second-order valence-electron chi connectivity index (χ2n) is 3.93. The minimum atomic E-state index is -3.61. The minimum absolute atomic E-state index is 0.0599. The lowest BCUT2D eigenvalue weighted by molar-refractivity contribution is -0.113. The Bertz CT molecular complexity index is 643. The second kappa shape index (κ2) is 6.68. The topological polar surface area (TPSA) is 124 Å². The lowest BCUT2D eigenvalue weighted by Crippen LogP contribution is -2.24. The van der Waals surface area contributed by atoms with E-state index in [4.69, 9.17) is 10.4 Å². The summed E-state index contributed by atoms with van der Waals surface area (Å²) in [5.41, 5.74) is 0.361.